The predicted molar refractivity (Wildman–Crippen MR) is 88.1 cm³/mol. The van der Waals surface area contributed by atoms with Crippen molar-refractivity contribution in [2.75, 3.05) is 13.2 Å². The first-order chi connectivity index (χ1) is 10.3. The normalized spacial score (nSPS) is 13.1. The van der Waals surface area contributed by atoms with E-state index < -0.39 is 5.60 Å². The maximum Gasteiger partial charge on any atom is 0.122 e. The van der Waals surface area contributed by atoms with Crippen LogP contribution < -0.4 is 5.73 Å². The Morgan fingerprint density at radius 2 is 1.43 bits per heavy atom. The van der Waals surface area contributed by atoms with E-state index in [-0.39, 0.29) is 5.92 Å². The van der Waals surface area contributed by atoms with E-state index in [0.717, 1.165) is 6.42 Å². The van der Waals surface area contributed by atoms with E-state index in [2.05, 4.69) is 62.4 Å². The minimum absolute atomic E-state index is 0.189. The third-order valence-corrected chi connectivity index (χ3v) is 3.99. The summed E-state index contributed by atoms with van der Waals surface area (Å²) in [4.78, 5) is 0. The summed E-state index contributed by atoms with van der Waals surface area (Å²) in [5.41, 5.74) is 7.88. The van der Waals surface area contributed by atoms with Crippen LogP contribution >= 0.6 is 0 Å². The minimum atomic E-state index is -0.479. The molecule has 0 spiro atoms. The van der Waals surface area contributed by atoms with Crippen molar-refractivity contribution < 1.29 is 4.74 Å². The summed E-state index contributed by atoms with van der Waals surface area (Å²) in [5, 5.41) is 0. The number of ether oxygens (including phenoxy) is 1. The number of rotatable bonds is 7. The molecule has 2 nitrogen and oxygen atoms in total. The van der Waals surface area contributed by atoms with Crippen molar-refractivity contribution in [1.82, 2.24) is 0 Å². The van der Waals surface area contributed by atoms with Gasteiger partial charge in [-0.2, -0.15) is 0 Å². The van der Waals surface area contributed by atoms with Crippen LogP contribution in [-0.4, -0.2) is 13.2 Å². The molecule has 0 bridgehead atoms. The van der Waals surface area contributed by atoms with Gasteiger partial charge >= 0.3 is 0 Å². The highest BCUT2D eigenvalue weighted by atomic mass is 16.5. The highest BCUT2D eigenvalue weighted by Gasteiger charge is 2.40. The molecular formula is C19H25NO. The molecule has 1 unspecified atom stereocenters. The van der Waals surface area contributed by atoms with E-state index in [4.69, 9.17) is 10.5 Å². The molecule has 1 atom stereocenters. The standard InChI is InChI=1S/C19H25NO/c1-3-14-21-19(16(2)15-20,17-10-6-4-7-11-17)18-12-8-5-9-13-18/h4-13,16H,3,14-15,20H2,1-2H3. The van der Waals surface area contributed by atoms with Crippen molar-refractivity contribution in [1.29, 1.82) is 0 Å². The molecule has 0 aliphatic rings. The number of nitrogens with two attached hydrogens (primary N) is 1. The third-order valence-electron chi connectivity index (χ3n) is 3.99. The fourth-order valence-electron chi connectivity index (χ4n) is 2.85. The third kappa shape index (κ3) is 3.17. The van der Waals surface area contributed by atoms with Crippen molar-refractivity contribution >= 4 is 0 Å². The van der Waals surface area contributed by atoms with Crippen molar-refractivity contribution in [3.05, 3.63) is 71.8 Å². The second kappa shape index (κ2) is 7.39. The Labute approximate surface area is 127 Å². The number of hydrogen-bond donors (Lipinski definition) is 1. The van der Waals surface area contributed by atoms with Crippen molar-refractivity contribution in [3.63, 3.8) is 0 Å². The molecule has 2 N–H and O–H groups in total. The van der Waals surface area contributed by atoms with Crippen LogP contribution in [0.4, 0.5) is 0 Å². The summed E-state index contributed by atoms with van der Waals surface area (Å²) in [6.07, 6.45) is 0.985. The summed E-state index contributed by atoms with van der Waals surface area (Å²) in [7, 11) is 0. The molecule has 2 aromatic carbocycles. The Hall–Kier alpha value is -1.64. The molecular weight excluding hydrogens is 258 g/mol. The zero-order valence-corrected chi connectivity index (χ0v) is 13.0. The molecule has 2 aromatic rings. The van der Waals surface area contributed by atoms with Crippen molar-refractivity contribution in [2.45, 2.75) is 25.9 Å². The van der Waals surface area contributed by atoms with Gasteiger partial charge in [-0.25, -0.2) is 0 Å². The molecule has 0 amide bonds. The molecule has 0 aliphatic heterocycles. The van der Waals surface area contributed by atoms with Gasteiger partial charge in [0.15, 0.2) is 0 Å². The Bertz CT molecular complexity index is 484. The molecule has 0 aromatic heterocycles. The van der Waals surface area contributed by atoms with Crippen LogP contribution in [0.5, 0.6) is 0 Å². The summed E-state index contributed by atoms with van der Waals surface area (Å²) in [5.74, 6) is 0.189. The van der Waals surface area contributed by atoms with E-state index in [1.54, 1.807) is 0 Å². The van der Waals surface area contributed by atoms with Gasteiger partial charge in [-0.05, 0) is 24.1 Å². The lowest BCUT2D eigenvalue weighted by molar-refractivity contribution is -0.0545. The van der Waals surface area contributed by atoms with E-state index >= 15 is 0 Å². The molecule has 2 heteroatoms. The maximum atomic E-state index is 6.42. The van der Waals surface area contributed by atoms with E-state index in [9.17, 15) is 0 Å². The number of hydrogen-bond acceptors (Lipinski definition) is 2. The molecule has 2 rings (SSSR count). The van der Waals surface area contributed by atoms with E-state index in [1.807, 2.05) is 12.1 Å². The van der Waals surface area contributed by atoms with Gasteiger partial charge in [0.25, 0.3) is 0 Å². The molecule has 0 aliphatic carbocycles. The Kier molecular flexibility index (Phi) is 5.54. The molecule has 0 saturated carbocycles. The van der Waals surface area contributed by atoms with Gasteiger partial charge in [0, 0.05) is 12.5 Å². The van der Waals surface area contributed by atoms with Crippen molar-refractivity contribution in [2.24, 2.45) is 11.7 Å². The van der Waals surface area contributed by atoms with Gasteiger partial charge in [0.1, 0.15) is 5.60 Å². The predicted octanol–water partition coefficient (Wildman–Crippen LogP) is 3.95. The van der Waals surface area contributed by atoms with Crippen LogP contribution in [0, 0.1) is 5.92 Å². The Balaban J connectivity index is 2.59. The second-order valence-electron chi connectivity index (χ2n) is 5.45. The first kappa shape index (κ1) is 15.7. The monoisotopic (exact) mass is 283 g/mol. The largest absolute Gasteiger partial charge is 0.365 e. The van der Waals surface area contributed by atoms with E-state index in [0.29, 0.717) is 13.2 Å². The Morgan fingerprint density at radius 3 is 1.81 bits per heavy atom. The lowest BCUT2D eigenvalue weighted by Crippen LogP contribution is -2.41. The molecule has 112 valence electrons. The average molecular weight is 283 g/mol. The topological polar surface area (TPSA) is 35.2 Å². The van der Waals surface area contributed by atoms with Crippen LogP contribution in [0.1, 0.15) is 31.4 Å². The summed E-state index contributed by atoms with van der Waals surface area (Å²) in [6.45, 7) is 5.59. The van der Waals surface area contributed by atoms with Crippen LogP contribution in [0.15, 0.2) is 60.7 Å². The highest BCUT2D eigenvalue weighted by molar-refractivity contribution is 5.37. The average Bonchev–Trinajstić information content (AvgIpc) is 2.57. The van der Waals surface area contributed by atoms with Crippen LogP contribution in [-0.2, 0) is 10.3 Å². The van der Waals surface area contributed by atoms with Crippen LogP contribution in [0.3, 0.4) is 0 Å². The van der Waals surface area contributed by atoms with Gasteiger partial charge in [-0.3, -0.25) is 0 Å². The smallest absolute Gasteiger partial charge is 0.122 e. The summed E-state index contributed by atoms with van der Waals surface area (Å²) < 4.78 is 6.42. The first-order valence-corrected chi connectivity index (χ1v) is 7.70. The maximum absolute atomic E-state index is 6.42. The molecule has 0 heterocycles. The fourth-order valence-corrected chi connectivity index (χ4v) is 2.85. The lowest BCUT2D eigenvalue weighted by atomic mass is 9.76. The zero-order valence-electron chi connectivity index (χ0n) is 13.0. The van der Waals surface area contributed by atoms with Crippen molar-refractivity contribution in [3.8, 4) is 0 Å². The quantitative estimate of drug-likeness (QED) is 0.835. The van der Waals surface area contributed by atoms with Gasteiger partial charge in [0.05, 0.1) is 0 Å². The van der Waals surface area contributed by atoms with Gasteiger partial charge in [-0.1, -0.05) is 74.5 Å². The first-order valence-electron chi connectivity index (χ1n) is 7.70. The molecule has 0 saturated heterocycles. The molecule has 21 heavy (non-hydrogen) atoms. The van der Waals surface area contributed by atoms with Crippen LogP contribution in [0.25, 0.3) is 0 Å². The van der Waals surface area contributed by atoms with Gasteiger partial charge in [0.2, 0.25) is 0 Å². The highest BCUT2D eigenvalue weighted by Crippen LogP contribution is 2.40. The second-order valence-corrected chi connectivity index (χ2v) is 5.45. The summed E-state index contributed by atoms with van der Waals surface area (Å²) in [6, 6.07) is 20.8. The van der Waals surface area contributed by atoms with Gasteiger partial charge < -0.3 is 10.5 Å². The Morgan fingerprint density at radius 1 is 0.952 bits per heavy atom. The SMILES string of the molecule is CCCOC(c1ccccc1)(c1ccccc1)C(C)CN. The lowest BCUT2D eigenvalue weighted by Gasteiger charge is -2.40. The van der Waals surface area contributed by atoms with Gasteiger partial charge in [-0.15, -0.1) is 0 Å². The fraction of sp³-hybridized carbons (Fsp3) is 0.368. The number of benzene rings is 2. The minimum Gasteiger partial charge on any atom is -0.365 e. The molecule has 0 radical (unpaired) electrons. The zero-order chi connectivity index (χ0) is 15.1. The summed E-state index contributed by atoms with van der Waals surface area (Å²) >= 11 is 0. The van der Waals surface area contributed by atoms with E-state index in [1.165, 1.54) is 11.1 Å². The van der Waals surface area contributed by atoms with Crippen LogP contribution in [0.2, 0.25) is 0 Å². The molecule has 0 fully saturated rings.